The molecule has 0 aliphatic carbocycles. The number of aliphatic carboxylic acids is 1. The van der Waals surface area contributed by atoms with Gasteiger partial charge in [-0.25, -0.2) is 17.2 Å². The second-order valence-corrected chi connectivity index (χ2v) is 6.80. The first kappa shape index (κ1) is 15.1. The molecule has 0 amide bonds. The second-order valence-electron chi connectivity index (χ2n) is 4.96. The fourth-order valence-electron chi connectivity index (χ4n) is 2.26. The number of nitrogens with zero attached hydrogens (tertiary/aromatic N) is 1. The van der Waals surface area contributed by atoms with Gasteiger partial charge in [0.2, 0.25) is 0 Å². The number of aromatic nitrogens is 1. The smallest absolute Gasteiger partial charge is 0.328 e. The molecule has 1 aromatic heterocycles. The third-order valence-electron chi connectivity index (χ3n) is 3.40. The highest BCUT2D eigenvalue weighted by Crippen LogP contribution is 2.21. The molecule has 3 rings (SSSR count). The average Bonchev–Trinajstić information content (AvgIpc) is 3.02. The Morgan fingerprint density at radius 2 is 1.78 bits per heavy atom. The predicted octanol–water partition coefficient (Wildman–Crippen LogP) is 2.98. The second kappa shape index (κ2) is 5.73. The van der Waals surface area contributed by atoms with Crippen LogP contribution in [0.25, 0.3) is 16.8 Å². The zero-order valence-electron chi connectivity index (χ0n) is 12.0. The SMILES string of the molecule is O=C(O)C=Cc1ccn(S(=O)(=O)c2ccc3ccccc3c2)c1. The van der Waals surface area contributed by atoms with E-state index in [0.29, 0.717) is 5.56 Å². The summed E-state index contributed by atoms with van der Waals surface area (Å²) in [4.78, 5) is 10.7. The fourth-order valence-corrected chi connectivity index (χ4v) is 3.50. The van der Waals surface area contributed by atoms with Gasteiger partial charge in [-0.2, -0.15) is 0 Å². The Morgan fingerprint density at radius 1 is 1.04 bits per heavy atom. The summed E-state index contributed by atoms with van der Waals surface area (Å²) in [6, 6.07) is 14.0. The van der Waals surface area contributed by atoms with Crippen LogP contribution in [0.3, 0.4) is 0 Å². The largest absolute Gasteiger partial charge is 0.478 e. The molecular formula is C17H13NO4S. The summed E-state index contributed by atoms with van der Waals surface area (Å²) in [5.41, 5.74) is 0.497. The van der Waals surface area contributed by atoms with Crippen LogP contribution < -0.4 is 0 Å². The van der Waals surface area contributed by atoms with Crippen LogP contribution in [0.2, 0.25) is 0 Å². The minimum absolute atomic E-state index is 0.181. The van der Waals surface area contributed by atoms with Crippen LogP contribution in [0.1, 0.15) is 5.56 Å². The summed E-state index contributed by atoms with van der Waals surface area (Å²) in [7, 11) is -3.71. The number of benzene rings is 2. The van der Waals surface area contributed by atoms with Gasteiger partial charge in [0.25, 0.3) is 10.0 Å². The van der Waals surface area contributed by atoms with E-state index in [9.17, 15) is 13.2 Å². The van der Waals surface area contributed by atoms with Gasteiger partial charge in [0.15, 0.2) is 0 Å². The molecule has 2 aromatic carbocycles. The minimum Gasteiger partial charge on any atom is -0.478 e. The Morgan fingerprint density at radius 3 is 2.52 bits per heavy atom. The van der Waals surface area contributed by atoms with Crippen molar-refractivity contribution in [2.45, 2.75) is 4.90 Å². The summed E-state index contributed by atoms with van der Waals surface area (Å²) in [5.74, 6) is -1.09. The Labute approximate surface area is 133 Å². The van der Waals surface area contributed by atoms with Gasteiger partial charge in [0.05, 0.1) is 4.90 Å². The van der Waals surface area contributed by atoms with Gasteiger partial charge in [-0.1, -0.05) is 30.3 Å². The van der Waals surface area contributed by atoms with Crippen LogP contribution >= 0.6 is 0 Å². The molecule has 0 aliphatic heterocycles. The van der Waals surface area contributed by atoms with Crippen molar-refractivity contribution in [3.05, 3.63) is 72.6 Å². The van der Waals surface area contributed by atoms with Crippen molar-refractivity contribution in [3.8, 4) is 0 Å². The summed E-state index contributed by atoms with van der Waals surface area (Å²) in [6.45, 7) is 0. The molecule has 1 heterocycles. The van der Waals surface area contributed by atoms with Crippen LogP contribution in [0.5, 0.6) is 0 Å². The third-order valence-corrected chi connectivity index (χ3v) is 5.04. The molecule has 1 N–H and O–H groups in total. The van der Waals surface area contributed by atoms with Crippen LogP contribution in [0.15, 0.2) is 71.9 Å². The highest BCUT2D eigenvalue weighted by Gasteiger charge is 2.16. The lowest BCUT2D eigenvalue weighted by atomic mass is 10.1. The maximum atomic E-state index is 12.7. The number of carbonyl (C=O) groups is 1. The predicted molar refractivity (Wildman–Crippen MR) is 87.6 cm³/mol. The topological polar surface area (TPSA) is 76.4 Å². The van der Waals surface area contributed by atoms with Crippen LogP contribution in [0.4, 0.5) is 0 Å². The van der Waals surface area contributed by atoms with E-state index in [0.717, 1.165) is 20.8 Å². The third kappa shape index (κ3) is 3.02. The zero-order valence-corrected chi connectivity index (χ0v) is 12.8. The summed E-state index contributed by atoms with van der Waals surface area (Å²) in [6.07, 6.45) is 5.08. The number of rotatable bonds is 4. The van der Waals surface area contributed by atoms with Gasteiger partial charge in [0, 0.05) is 18.5 Å². The van der Waals surface area contributed by atoms with Gasteiger partial charge in [0.1, 0.15) is 0 Å². The van der Waals surface area contributed by atoms with E-state index in [2.05, 4.69) is 0 Å². The molecule has 0 unspecified atom stereocenters. The Kier molecular flexibility index (Phi) is 3.75. The molecule has 5 nitrogen and oxygen atoms in total. The molecule has 0 saturated heterocycles. The lowest BCUT2D eigenvalue weighted by Gasteiger charge is -2.07. The van der Waals surface area contributed by atoms with Gasteiger partial charge < -0.3 is 5.11 Å². The first-order valence-corrected chi connectivity index (χ1v) is 8.24. The molecule has 0 aliphatic rings. The van der Waals surface area contributed by atoms with Crippen LogP contribution in [-0.4, -0.2) is 23.5 Å². The van der Waals surface area contributed by atoms with E-state index in [1.54, 1.807) is 18.2 Å². The van der Waals surface area contributed by atoms with Crippen molar-refractivity contribution in [1.29, 1.82) is 0 Å². The highest BCUT2D eigenvalue weighted by molar-refractivity contribution is 7.90. The number of carboxylic acids is 1. The van der Waals surface area contributed by atoms with E-state index < -0.39 is 16.0 Å². The van der Waals surface area contributed by atoms with E-state index in [4.69, 9.17) is 5.11 Å². The molecular weight excluding hydrogens is 314 g/mol. The molecule has 6 heteroatoms. The molecule has 0 saturated carbocycles. The van der Waals surface area contributed by atoms with Gasteiger partial charge in [-0.3, -0.25) is 0 Å². The highest BCUT2D eigenvalue weighted by atomic mass is 32.2. The van der Waals surface area contributed by atoms with E-state index in [1.807, 2.05) is 24.3 Å². The van der Waals surface area contributed by atoms with Crippen molar-refractivity contribution in [3.63, 3.8) is 0 Å². The summed E-state index contributed by atoms with van der Waals surface area (Å²) >= 11 is 0. The molecule has 0 bridgehead atoms. The number of hydrogen-bond acceptors (Lipinski definition) is 3. The molecule has 3 aromatic rings. The van der Waals surface area contributed by atoms with E-state index >= 15 is 0 Å². The van der Waals surface area contributed by atoms with Crippen molar-refractivity contribution in [2.24, 2.45) is 0 Å². The molecule has 0 radical (unpaired) electrons. The van der Waals surface area contributed by atoms with Crippen molar-refractivity contribution in [1.82, 2.24) is 3.97 Å². The normalized spacial score (nSPS) is 12.0. The van der Waals surface area contributed by atoms with Gasteiger partial charge in [-0.15, -0.1) is 0 Å². The molecule has 0 fully saturated rings. The van der Waals surface area contributed by atoms with Crippen LogP contribution in [-0.2, 0) is 14.8 Å². The zero-order chi connectivity index (χ0) is 16.4. The van der Waals surface area contributed by atoms with Crippen molar-refractivity contribution < 1.29 is 18.3 Å². The maximum Gasteiger partial charge on any atom is 0.328 e. The summed E-state index contributed by atoms with van der Waals surface area (Å²) < 4.78 is 26.4. The maximum absolute atomic E-state index is 12.7. The van der Waals surface area contributed by atoms with E-state index in [-0.39, 0.29) is 4.90 Å². The Bertz CT molecular complexity index is 1020. The molecule has 0 spiro atoms. The molecule has 0 atom stereocenters. The number of hydrogen-bond donors (Lipinski definition) is 1. The molecule has 23 heavy (non-hydrogen) atoms. The standard InChI is InChI=1S/C17H13NO4S/c19-17(20)8-5-13-9-10-18(12-13)23(21,22)16-7-6-14-3-1-2-4-15(14)11-16/h1-12H,(H,19,20). The van der Waals surface area contributed by atoms with E-state index in [1.165, 1.54) is 24.5 Å². The fraction of sp³-hybridized carbons (Fsp3) is 0. The van der Waals surface area contributed by atoms with Crippen molar-refractivity contribution in [2.75, 3.05) is 0 Å². The van der Waals surface area contributed by atoms with Crippen molar-refractivity contribution >= 4 is 32.8 Å². The van der Waals surface area contributed by atoms with Crippen LogP contribution in [0, 0.1) is 0 Å². The van der Waals surface area contributed by atoms with Gasteiger partial charge in [-0.05, 0) is 40.6 Å². The Balaban J connectivity index is 2.01. The lowest BCUT2D eigenvalue weighted by Crippen LogP contribution is -2.10. The number of carboxylic acid groups (broad SMARTS) is 1. The van der Waals surface area contributed by atoms with Gasteiger partial charge >= 0.3 is 5.97 Å². The quantitative estimate of drug-likeness (QED) is 0.747. The Hall–Kier alpha value is -2.86. The summed E-state index contributed by atoms with van der Waals surface area (Å²) in [5, 5.41) is 10.4. The minimum atomic E-state index is -3.71. The first-order valence-electron chi connectivity index (χ1n) is 6.80. The first-order chi connectivity index (χ1) is 11.0. The average molecular weight is 327 g/mol. The lowest BCUT2D eigenvalue weighted by molar-refractivity contribution is -0.131. The number of fused-ring (bicyclic) bond motifs is 1. The monoisotopic (exact) mass is 327 g/mol. The molecule has 116 valence electrons.